The molecule has 0 bridgehead atoms. The molecule has 3 nitrogen and oxygen atoms in total. The van der Waals surface area contributed by atoms with Crippen molar-refractivity contribution in [3.63, 3.8) is 0 Å². The van der Waals surface area contributed by atoms with Crippen molar-refractivity contribution in [1.29, 1.82) is 0 Å². The third kappa shape index (κ3) is 2.96. The zero-order valence-corrected chi connectivity index (χ0v) is 12.5. The van der Waals surface area contributed by atoms with E-state index in [0.29, 0.717) is 11.1 Å². The molecule has 0 amide bonds. The Kier molecular flexibility index (Phi) is 3.77. The zero-order valence-electron chi connectivity index (χ0n) is 11.7. The molecule has 0 aliphatic rings. The maximum atomic E-state index is 12.4. The molecule has 2 aromatic rings. The highest BCUT2D eigenvalue weighted by Crippen LogP contribution is 2.17. The number of hydrogen-bond donors (Lipinski definition) is 0. The Bertz CT molecular complexity index is 774. The smallest absolute Gasteiger partial charge is 0.193 e. The van der Waals surface area contributed by atoms with Gasteiger partial charge in [0.1, 0.15) is 0 Å². The standard InChI is InChI=1S/C16H16O3S/c1-11-7-8-14(9-12(11)2)16(17)13-5-4-6-15(10-13)20(3,18)19/h4-10H,1-3H3. The van der Waals surface area contributed by atoms with E-state index in [1.807, 2.05) is 26.0 Å². The summed E-state index contributed by atoms with van der Waals surface area (Å²) < 4.78 is 23.1. The quantitative estimate of drug-likeness (QED) is 0.816. The minimum Gasteiger partial charge on any atom is -0.289 e. The number of carbonyl (C=O) groups excluding carboxylic acids is 1. The van der Waals surface area contributed by atoms with Gasteiger partial charge in [-0.05, 0) is 43.2 Å². The van der Waals surface area contributed by atoms with Crippen LogP contribution in [0.2, 0.25) is 0 Å². The first-order chi connectivity index (χ1) is 9.29. The number of hydrogen-bond acceptors (Lipinski definition) is 3. The number of ketones is 1. The van der Waals surface area contributed by atoms with Crippen LogP contribution in [0.25, 0.3) is 0 Å². The summed E-state index contributed by atoms with van der Waals surface area (Å²) in [7, 11) is -3.31. The van der Waals surface area contributed by atoms with E-state index >= 15 is 0 Å². The van der Waals surface area contributed by atoms with Crippen LogP contribution in [0.1, 0.15) is 27.0 Å². The molecule has 0 saturated carbocycles. The third-order valence-electron chi connectivity index (χ3n) is 3.29. The second-order valence-electron chi connectivity index (χ2n) is 4.93. The predicted octanol–water partition coefficient (Wildman–Crippen LogP) is 2.94. The molecule has 0 saturated heterocycles. The fraction of sp³-hybridized carbons (Fsp3) is 0.188. The molecule has 0 heterocycles. The summed E-state index contributed by atoms with van der Waals surface area (Å²) in [6, 6.07) is 11.6. The summed E-state index contributed by atoms with van der Waals surface area (Å²) in [4.78, 5) is 12.6. The molecule has 0 spiro atoms. The Morgan fingerprint density at radius 2 is 1.55 bits per heavy atom. The molecule has 2 rings (SSSR count). The highest BCUT2D eigenvalue weighted by Gasteiger charge is 2.13. The number of sulfone groups is 1. The summed E-state index contributed by atoms with van der Waals surface area (Å²) >= 11 is 0. The minimum atomic E-state index is -3.31. The van der Waals surface area contributed by atoms with Gasteiger partial charge in [-0.1, -0.05) is 24.3 Å². The predicted molar refractivity (Wildman–Crippen MR) is 78.9 cm³/mol. The second-order valence-corrected chi connectivity index (χ2v) is 6.94. The lowest BCUT2D eigenvalue weighted by Crippen LogP contribution is -2.04. The molecule has 0 aliphatic heterocycles. The van der Waals surface area contributed by atoms with Crippen LogP contribution in [0.4, 0.5) is 0 Å². The molecule has 2 aromatic carbocycles. The average molecular weight is 288 g/mol. The molecular weight excluding hydrogens is 272 g/mol. The monoisotopic (exact) mass is 288 g/mol. The van der Waals surface area contributed by atoms with Gasteiger partial charge in [-0.2, -0.15) is 0 Å². The van der Waals surface area contributed by atoms with Crippen molar-refractivity contribution >= 4 is 15.6 Å². The first-order valence-electron chi connectivity index (χ1n) is 6.21. The van der Waals surface area contributed by atoms with Crippen LogP contribution in [-0.2, 0) is 9.84 Å². The number of carbonyl (C=O) groups is 1. The molecule has 4 heteroatoms. The lowest BCUT2D eigenvalue weighted by Gasteiger charge is -2.06. The molecule has 0 N–H and O–H groups in total. The Labute approximate surface area is 119 Å². The first-order valence-corrected chi connectivity index (χ1v) is 8.10. The Balaban J connectivity index is 2.46. The number of benzene rings is 2. The van der Waals surface area contributed by atoms with Gasteiger partial charge in [0.25, 0.3) is 0 Å². The third-order valence-corrected chi connectivity index (χ3v) is 4.40. The number of rotatable bonds is 3. The summed E-state index contributed by atoms with van der Waals surface area (Å²) in [5.41, 5.74) is 3.11. The minimum absolute atomic E-state index is 0.159. The van der Waals surface area contributed by atoms with Crippen molar-refractivity contribution in [3.05, 3.63) is 64.7 Å². The molecule has 20 heavy (non-hydrogen) atoms. The van der Waals surface area contributed by atoms with Gasteiger partial charge in [0.15, 0.2) is 15.6 Å². The molecule has 0 radical (unpaired) electrons. The number of aryl methyl sites for hydroxylation is 2. The summed E-state index contributed by atoms with van der Waals surface area (Å²) in [6.07, 6.45) is 1.13. The van der Waals surface area contributed by atoms with E-state index in [4.69, 9.17) is 0 Å². The van der Waals surface area contributed by atoms with Crippen LogP contribution in [0.5, 0.6) is 0 Å². The zero-order chi connectivity index (χ0) is 14.9. The van der Waals surface area contributed by atoms with Crippen LogP contribution in [-0.4, -0.2) is 20.5 Å². The Morgan fingerprint density at radius 1 is 0.900 bits per heavy atom. The summed E-state index contributed by atoms with van der Waals surface area (Å²) in [6.45, 7) is 3.92. The Morgan fingerprint density at radius 3 is 2.15 bits per heavy atom. The average Bonchev–Trinajstić information content (AvgIpc) is 2.40. The first kappa shape index (κ1) is 14.5. The topological polar surface area (TPSA) is 51.2 Å². The van der Waals surface area contributed by atoms with Crippen LogP contribution >= 0.6 is 0 Å². The maximum Gasteiger partial charge on any atom is 0.193 e. The van der Waals surface area contributed by atoms with Gasteiger partial charge >= 0.3 is 0 Å². The van der Waals surface area contributed by atoms with Crippen molar-refractivity contribution in [1.82, 2.24) is 0 Å². The van der Waals surface area contributed by atoms with Gasteiger partial charge in [-0.15, -0.1) is 0 Å². The summed E-state index contributed by atoms with van der Waals surface area (Å²) in [5, 5.41) is 0. The molecule has 0 aliphatic carbocycles. The van der Waals surface area contributed by atoms with Crippen LogP contribution in [0, 0.1) is 13.8 Å². The lowest BCUT2D eigenvalue weighted by atomic mass is 9.99. The maximum absolute atomic E-state index is 12.4. The largest absolute Gasteiger partial charge is 0.289 e. The Hall–Kier alpha value is -1.94. The highest BCUT2D eigenvalue weighted by molar-refractivity contribution is 7.90. The van der Waals surface area contributed by atoms with Crippen molar-refractivity contribution in [2.75, 3.05) is 6.26 Å². The van der Waals surface area contributed by atoms with Gasteiger partial charge < -0.3 is 0 Å². The lowest BCUT2D eigenvalue weighted by molar-refractivity contribution is 0.103. The fourth-order valence-electron chi connectivity index (χ4n) is 1.92. The van der Waals surface area contributed by atoms with Crippen molar-refractivity contribution in [2.45, 2.75) is 18.7 Å². The summed E-state index contributed by atoms with van der Waals surface area (Å²) in [5.74, 6) is -0.168. The van der Waals surface area contributed by atoms with Gasteiger partial charge in [-0.3, -0.25) is 4.79 Å². The fourth-order valence-corrected chi connectivity index (χ4v) is 2.58. The van der Waals surface area contributed by atoms with E-state index in [1.165, 1.54) is 12.1 Å². The van der Waals surface area contributed by atoms with Gasteiger partial charge in [0.2, 0.25) is 0 Å². The second kappa shape index (κ2) is 5.21. The van der Waals surface area contributed by atoms with Crippen molar-refractivity contribution in [2.24, 2.45) is 0 Å². The van der Waals surface area contributed by atoms with E-state index < -0.39 is 9.84 Å². The highest BCUT2D eigenvalue weighted by atomic mass is 32.2. The van der Waals surface area contributed by atoms with Crippen LogP contribution in [0.15, 0.2) is 47.4 Å². The molecular formula is C16H16O3S. The van der Waals surface area contributed by atoms with Gasteiger partial charge in [-0.25, -0.2) is 8.42 Å². The van der Waals surface area contributed by atoms with Gasteiger partial charge in [0, 0.05) is 17.4 Å². The van der Waals surface area contributed by atoms with Crippen molar-refractivity contribution in [3.8, 4) is 0 Å². The van der Waals surface area contributed by atoms with E-state index in [9.17, 15) is 13.2 Å². The van der Waals surface area contributed by atoms with E-state index in [0.717, 1.165) is 17.4 Å². The normalized spacial score (nSPS) is 11.3. The molecule has 0 unspecified atom stereocenters. The SMILES string of the molecule is Cc1ccc(C(=O)c2cccc(S(C)(=O)=O)c2)cc1C. The molecule has 0 fully saturated rings. The molecule has 0 aromatic heterocycles. The van der Waals surface area contributed by atoms with Crippen LogP contribution < -0.4 is 0 Å². The molecule has 0 atom stereocenters. The van der Waals surface area contributed by atoms with E-state index in [1.54, 1.807) is 18.2 Å². The van der Waals surface area contributed by atoms with Crippen molar-refractivity contribution < 1.29 is 13.2 Å². The molecule has 104 valence electrons. The van der Waals surface area contributed by atoms with Crippen LogP contribution in [0.3, 0.4) is 0 Å². The van der Waals surface area contributed by atoms with E-state index in [-0.39, 0.29) is 10.7 Å². The van der Waals surface area contributed by atoms with Gasteiger partial charge in [0.05, 0.1) is 4.90 Å². The van der Waals surface area contributed by atoms with E-state index in [2.05, 4.69) is 0 Å².